The summed E-state index contributed by atoms with van der Waals surface area (Å²) >= 11 is 0. The van der Waals surface area contributed by atoms with Gasteiger partial charge in [0.2, 0.25) is 0 Å². The number of rotatable bonds is 3. The molecule has 1 aliphatic heterocycles. The molecule has 4 heteroatoms. The second-order valence-corrected chi connectivity index (χ2v) is 4.30. The van der Waals surface area contributed by atoms with Crippen LogP contribution in [0.1, 0.15) is 26.7 Å². The van der Waals surface area contributed by atoms with Gasteiger partial charge in [-0.1, -0.05) is 13.8 Å². The van der Waals surface area contributed by atoms with Gasteiger partial charge in [0, 0.05) is 11.8 Å². The number of hydrogen-bond donors (Lipinski definition) is 0. The molecule has 1 rings (SSSR count). The normalized spacial score (nSPS) is 27.5. The first-order valence-corrected chi connectivity index (χ1v) is 4.30. The molecule has 1 atom stereocenters. The summed E-state index contributed by atoms with van der Waals surface area (Å²) in [6, 6.07) is 0. The molecule has 0 aromatic carbocycles. The topological polar surface area (TPSA) is 26.3 Å². The Labute approximate surface area is 76.3 Å². The smallest absolute Gasteiger partial charge is 0.273 e. The predicted molar refractivity (Wildman–Crippen MR) is 43.8 cm³/mol. The third-order valence-electron chi connectivity index (χ3n) is 2.13. The van der Waals surface area contributed by atoms with Crippen LogP contribution >= 0.6 is 0 Å². The van der Waals surface area contributed by atoms with E-state index < -0.39 is 24.0 Å². The van der Waals surface area contributed by atoms with Crippen LogP contribution < -0.4 is 0 Å². The van der Waals surface area contributed by atoms with Crippen molar-refractivity contribution < 1.29 is 18.3 Å². The Morgan fingerprint density at radius 2 is 2.23 bits per heavy atom. The molecule has 0 N–H and O–H groups in total. The standard InChI is InChI=1S/C9H14F2O2/c1-8(2,5-12)3-7-4-9(10,11)6-13-7/h5,7H,3-4,6H2,1-2H3. The molecule has 0 saturated carbocycles. The van der Waals surface area contributed by atoms with E-state index in [0.717, 1.165) is 6.29 Å². The van der Waals surface area contributed by atoms with Crippen LogP contribution in [-0.4, -0.2) is 24.9 Å². The molecular weight excluding hydrogens is 178 g/mol. The highest BCUT2D eigenvalue weighted by atomic mass is 19.3. The van der Waals surface area contributed by atoms with Crippen LogP contribution in [0.2, 0.25) is 0 Å². The minimum atomic E-state index is -2.70. The van der Waals surface area contributed by atoms with Crippen LogP contribution in [0.15, 0.2) is 0 Å². The number of carbonyl (C=O) groups is 1. The van der Waals surface area contributed by atoms with Crippen LogP contribution in [0.4, 0.5) is 8.78 Å². The molecule has 1 unspecified atom stereocenters. The molecule has 0 bridgehead atoms. The number of carbonyl (C=O) groups excluding carboxylic acids is 1. The maximum absolute atomic E-state index is 12.7. The highest BCUT2D eigenvalue weighted by molar-refractivity contribution is 5.57. The lowest BCUT2D eigenvalue weighted by Crippen LogP contribution is -2.22. The third kappa shape index (κ3) is 3.03. The summed E-state index contributed by atoms with van der Waals surface area (Å²) in [7, 11) is 0. The number of aldehydes is 1. The Bertz CT molecular complexity index is 202. The van der Waals surface area contributed by atoms with Gasteiger partial charge in [0.15, 0.2) is 0 Å². The number of halogens is 2. The SMILES string of the molecule is CC(C)(C=O)CC1CC(F)(F)CO1. The van der Waals surface area contributed by atoms with Crippen molar-refractivity contribution in [3.63, 3.8) is 0 Å². The van der Waals surface area contributed by atoms with Crippen LogP contribution in [-0.2, 0) is 9.53 Å². The van der Waals surface area contributed by atoms with Gasteiger partial charge in [-0.15, -0.1) is 0 Å². The average molecular weight is 192 g/mol. The number of hydrogen-bond acceptors (Lipinski definition) is 2. The molecule has 0 spiro atoms. The summed E-state index contributed by atoms with van der Waals surface area (Å²) in [6.45, 7) is 2.94. The molecule has 0 radical (unpaired) electrons. The lowest BCUT2D eigenvalue weighted by molar-refractivity contribution is -0.116. The molecule has 0 aromatic heterocycles. The van der Waals surface area contributed by atoms with E-state index in [-0.39, 0.29) is 6.42 Å². The van der Waals surface area contributed by atoms with Crippen LogP contribution in [0, 0.1) is 5.41 Å². The monoisotopic (exact) mass is 192 g/mol. The summed E-state index contributed by atoms with van der Waals surface area (Å²) in [4.78, 5) is 10.5. The van der Waals surface area contributed by atoms with Gasteiger partial charge in [0.05, 0.1) is 6.10 Å². The zero-order chi connectivity index (χ0) is 10.1. The van der Waals surface area contributed by atoms with Gasteiger partial charge in [-0.25, -0.2) is 8.78 Å². The van der Waals surface area contributed by atoms with Crippen molar-refractivity contribution in [1.29, 1.82) is 0 Å². The zero-order valence-corrected chi connectivity index (χ0v) is 7.85. The van der Waals surface area contributed by atoms with Crippen molar-refractivity contribution >= 4 is 6.29 Å². The van der Waals surface area contributed by atoms with Gasteiger partial charge in [-0.3, -0.25) is 0 Å². The van der Waals surface area contributed by atoms with Crippen molar-refractivity contribution in [3.05, 3.63) is 0 Å². The van der Waals surface area contributed by atoms with Crippen molar-refractivity contribution in [1.82, 2.24) is 0 Å². The molecule has 0 amide bonds. The second kappa shape index (κ2) is 3.33. The van der Waals surface area contributed by atoms with E-state index in [4.69, 9.17) is 4.74 Å². The first-order valence-electron chi connectivity index (χ1n) is 4.30. The summed E-state index contributed by atoms with van der Waals surface area (Å²) in [5, 5.41) is 0. The van der Waals surface area contributed by atoms with Crippen molar-refractivity contribution in [3.8, 4) is 0 Å². The van der Waals surface area contributed by atoms with Gasteiger partial charge >= 0.3 is 0 Å². The fourth-order valence-electron chi connectivity index (χ4n) is 1.46. The van der Waals surface area contributed by atoms with Gasteiger partial charge < -0.3 is 9.53 Å². The average Bonchev–Trinajstić information content (AvgIpc) is 2.29. The van der Waals surface area contributed by atoms with Gasteiger partial charge in [0.1, 0.15) is 12.9 Å². The predicted octanol–water partition coefficient (Wildman–Crippen LogP) is 2.03. The van der Waals surface area contributed by atoms with E-state index in [9.17, 15) is 13.6 Å². The van der Waals surface area contributed by atoms with Crippen LogP contribution in [0.3, 0.4) is 0 Å². The van der Waals surface area contributed by atoms with E-state index in [1.807, 2.05) is 0 Å². The summed E-state index contributed by atoms with van der Waals surface area (Å²) < 4.78 is 30.2. The van der Waals surface area contributed by atoms with E-state index >= 15 is 0 Å². The summed E-state index contributed by atoms with van der Waals surface area (Å²) in [5.41, 5.74) is -0.564. The molecule has 0 aromatic rings. The molecule has 76 valence electrons. The molecule has 2 nitrogen and oxygen atoms in total. The molecule has 0 aliphatic carbocycles. The van der Waals surface area contributed by atoms with Gasteiger partial charge in [-0.2, -0.15) is 0 Å². The van der Waals surface area contributed by atoms with Gasteiger partial charge in [0.25, 0.3) is 5.92 Å². The fraction of sp³-hybridized carbons (Fsp3) is 0.889. The van der Waals surface area contributed by atoms with Gasteiger partial charge in [-0.05, 0) is 6.42 Å². The van der Waals surface area contributed by atoms with Crippen LogP contribution in [0.5, 0.6) is 0 Å². The first kappa shape index (κ1) is 10.6. The Morgan fingerprint density at radius 3 is 2.62 bits per heavy atom. The lowest BCUT2D eigenvalue weighted by atomic mass is 9.87. The Morgan fingerprint density at radius 1 is 1.62 bits per heavy atom. The largest absolute Gasteiger partial charge is 0.372 e. The number of alkyl halides is 2. The lowest BCUT2D eigenvalue weighted by Gasteiger charge is -2.20. The van der Waals surface area contributed by atoms with E-state index in [1.165, 1.54) is 0 Å². The molecule has 1 aliphatic rings. The van der Waals surface area contributed by atoms with E-state index in [1.54, 1.807) is 13.8 Å². The fourth-order valence-corrected chi connectivity index (χ4v) is 1.46. The minimum absolute atomic E-state index is 0.260. The second-order valence-electron chi connectivity index (χ2n) is 4.30. The van der Waals surface area contributed by atoms with Crippen molar-refractivity contribution in [2.75, 3.05) is 6.61 Å². The van der Waals surface area contributed by atoms with Crippen molar-refractivity contribution in [2.24, 2.45) is 5.41 Å². The zero-order valence-electron chi connectivity index (χ0n) is 7.85. The molecule has 1 saturated heterocycles. The summed E-state index contributed by atoms with van der Waals surface area (Å²) in [6.07, 6.45) is 0.415. The van der Waals surface area contributed by atoms with E-state index in [2.05, 4.69) is 0 Å². The Balaban J connectivity index is 2.45. The Kier molecular flexibility index (Phi) is 2.71. The quantitative estimate of drug-likeness (QED) is 0.639. The maximum Gasteiger partial charge on any atom is 0.273 e. The Hall–Kier alpha value is -0.510. The minimum Gasteiger partial charge on any atom is -0.372 e. The summed E-state index contributed by atoms with van der Waals surface area (Å²) in [5.74, 6) is -2.70. The van der Waals surface area contributed by atoms with Crippen LogP contribution in [0.25, 0.3) is 0 Å². The highest BCUT2D eigenvalue weighted by Gasteiger charge is 2.42. The third-order valence-corrected chi connectivity index (χ3v) is 2.13. The molecular formula is C9H14F2O2. The van der Waals surface area contributed by atoms with Crippen molar-refractivity contribution in [2.45, 2.75) is 38.7 Å². The number of ether oxygens (including phenoxy) is 1. The first-order chi connectivity index (χ1) is 5.85. The van der Waals surface area contributed by atoms with E-state index in [0.29, 0.717) is 6.42 Å². The maximum atomic E-state index is 12.7. The highest BCUT2D eigenvalue weighted by Crippen LogP contribution is 2.34. The molecule has 13 heavy (non-hydrogen) atoms. The molecule has 1 heterocycles. The molecule has 1 fully saturated rings.